The second-order valence-electron chi connectivity index (χ2n) is 4.36. The van der Waals surface area contributed by atoms with Crippen molar-refractivity contribution in [2.24, 2.45) is 0 Å². The molecule has 0 fully saturated rings. The van der Waals surface area contributed by atoms with E-state index in [1.165, 1.54) is 0 Å². The molecule has 2 aromatic heterocycles. The van der Waals surface area contributed by atoms with Gasteiger partial charge in [0.2, 0.25) is 0 Å². The van der Waals surface area contributed by atoms with Gasteiger partial charge >= 0.3 is 5.97 Å². The van der Waals surface area contributed by atoms with Crippen molar-refractivity contribution in [3.05, 3.63) is 59.8 Å². The minimum atomic E-state index is -0.959. The van der Waals surface area contributed by atoms with Gasteiger partial charge in [-0.1, -0.05) is 36.4 Å². The lowest BCUT2D eigenvalue weighted by atomic mass is 10.1. The van der Waals surface area contributed by atoms with E-state index in [4.69, 9.17) is 0 Å². The Morgan fingerprint density at radius 3 is 2.53 bits per heavy atom. The van der Waals surface area contributed by atoms with E-state index < -0.39 is 5.97 Å². The van der Waals surface area contributed by atoms with E-state index in [1.54, 1.807) is 10.6 Å². The lowest BCUT2D eigenvalue weighted by Crippen LogP contribution is -1.98. The first-order chi connectivity index (χ1) is 9.18. The molecular weight excluding hydrogens is 240 g/mol. The number of carboxylic acids is 1. The zero-order valence-electron chi connectivity index (χ0n) is 10.4. The summed E-state index contributed by atoms with van der Waals surface area (Å²) in [4.78, 5) is 11.5. The summed E-state index contributed by atoms with van der Waals surface area (Å²) in [6.07, 6.45) is 0. The van der Waals surface area contributed by atoms with Crippen molar-refractivity contribution in [1.82, 2.24) is 9.61 Å². The van der Waals surface area contributed by atoms with Crippen LogP contribution in [0.15, 0.2) is 48.5 Å². The third kappa shape index (κ3) is 1.78. The number of aromatic nitrogens is 2. The topological polar surface area (TPSA) is 54.6 Å². The normalized spacial score (nSPS) is 10.8. The largest absolute Gasteiger partial charge is 0.478 e. The van der Waals surface area contributed by atoms with Crippen molar-refractivity contribution < 1.29 is 9.90 Å². The first-order valence-electron chi connectivity index (χ1n) is 5.95. The zero-order chi connectivity index (χ0) is 13.4. The van der Waals surface area contributed by atoms with Crippen LogP contribution in [0, 0.1) is 6.92 Å². The van der Waals surface area contributed by atoms with Crippen LogP contribution in [0.2, 0.25) is 0 Å². The summed E-state index contributed by atoms with van der Waals surface area (Å²) >= 11 is 0. The molecule has 1 aromatic carbocycles. The Labute approximate surface area is 109 Å². The number of fused-ring (bicyclic) bond motifs is 1. The van der Waals surface area contributed by atoms with Gasteiger partial charge in [0.1, 0.15) is 11.3 Å². The maximum atomic E-state index is 11.5. The van der Waals surface area contributed by atoms with E-state index in [0.29, 0.717) is 11.2 Å². The number of aryl methyl sites for hydroxylation is 1. The van der Waals surface area contributed by atoms with Crippen LogP contribution in [0.1, 0.15) is 16.1 Å². The number of nitrogens with zero attached hydrogens (tertiary/aromatic N) is 2. The van der Waals surface area contributed by atoms with Crippen molar-refractivity contribution in [3.63, 3.8) is 0 Å². The molecule has 0 saturated heterocycles. The van der Waals surface area contributed by atoms with Gasteiger partial charge in [-0.2, -0.15) is 5.10 Å². The summed E-state index contributed by atoms with van der Waals surface area (Å²) in [6.45, 7) is 1.90. The Bertz CT molecular complexity index is 760. The molecule has 0 aliphatic heterocycles. The summed E-state index contributed by atoms with van der Waals surface area (Å²) in [6, 6.07) is 14.9. The molecular formula is C15H12N2O2. The van der Waals surface area contributed by atoms with E-state index in [-0.39, 0.29) is 5.56 Å². The molecule has 4 heteroatoms. The Kier molecular flexibility index (Phi) is 2.56. The summed E-state index contributed by atoms with van der Waals surface area (Å²) in [5, 5.41) is 13.9. The van der Waals surface area contributed by atoms with Crippen molar-refractivity contribution in [3.8, 4) is 11.3 Å². The van der Waals surface area contributed by atoms with Gasteiger partial charge in [0.05, 0.1) is 5.52 Å². The van der Waals surface area contributed by atoms with Crippen LogP contribution in [0.5, 0.6) is 0 Å². The number of carbonyl (C=O) groups is 1. The fourth-order valence-corrected chi connectivity index (χ4v) is 2.21. The van der Waals surface area contributed by atoms with Gasteiger partial charge < -0.3 is 5.11 Å². The first-order valence-corrected chi connectivity index (χ1v) is 5.95. The highest BCUT2D eigenvalue weighted by molar-refractivity contribution is 6.02. The lowest BCUT2D eigenvalue weighted by molar-refractivity contribution is 0.0700. The minimum absolute atomic E-state index is 0.245. The number of rotatable bonds is 2. The summed E-state index contributed by atoms with van der Waals surface area (Å²) in [7, 11) is 0. The molecule has 0 amide bonds. The molecule has 1 N–H and O–H groups in total. The summed E-state index contributed by atoms with van der Waals surface area (Å²) < 4.78 is 1.67. The minimum Gasteiger partial charge on any atom is -0.478 e. The van der Waals surface area contributed by atoms with Gasteiger partial charge in [0.25, 0.3) is 0 Å². The average molecular weight is 252 g/mol. The molecule has 0 atom stereocenters. The number of aromatic carboxylic acids is 1. The quantitative estimate of drug-likeness (QED) is 0.762. The number of hydrogen-bond acceptors (Lipinski definition) is 2. The summed E-state index contributed by atoms with van der Waals surface area (Å²) in [5.41, 5.74) is 3.08. The highest BCUT2D eigenvalue weighted by Gasteiger charge is 2.20. The van der Waals surface area contributed by atoms with E-state index >= 15 is 0 Å². The van der Waals surface area contributed by atoms with Crippen molar-refractivity contribution in [2.75, 3.05) is 0 Å². The molecule has 2 heterocycles. The molecule has 0 radical (unpaired) electrons. The molecule has 0 aliphatic carbocycles. The standard InChI is InChI=1S/C15H12N2O2/c1-10-6-5-9-12-13(15(18)19)14(16-17(10)12)11-7-3-2-4-8-11/h2-9H,1H3,(H,18,19). The van der Waals surface area contributed by atoms with Crippen LogP contribution >= 0.6 is 0 Å². The highest BCUT2D eigenvalue weighted by atomic mass is 16.4. The molecule has 3 aromatic rings. The lowest BCUT2D eigenvalue weighted by Gasteiger charge is -1.97. The smallest absolute Gasteiger partial charge is 0.340 e. The molecule has 94 valence electrons. The number of carboxylic acid groups (broad SMARTS) is 1. The van der Waals surface area contributed by atoms with Crippen LogP contribution in [0.25, 0.3) is 16.8 Å². The van der Waals surface area contributed by atoms with E-state index in [2.05, 4.69) is 5.10 Å². The van der Waals surface area contributed by atoms with E-state index in [0.717, 1.165) is 11.3 Å². The van der Waals surface area contributed by atoms with Gasteiger partial charge in [-0.05, 0) is 19.1 Å². The Morgan fingerprint density at radius 1 is 1.11 bits per heavy atom. The summed E-state index contributed by atoms with van der Waals surface area (Å²) in [5.74, 6) is -0.959. The molecule has 4 nitrogen and oxygen atoms in total. The molecule has 0 unspecified atom stereocenters. The fraction of sp³-hybridized carbons (Fsp3) is 0.0667. The maximum absolute atomic E-state index is 11.5. The molecule has 0 spiro atoms. The third-order valence-electron chi connectivity index (χ3n) is 3.11. The molecule has 0 saturated carbocycles. The zero-order valence-corrected chi connectivity index (χ0v) is 10.4. The number of hydrogen-bond donors (Lipinski definition) is 1. The van der Waals surface area contributed by atoms with Gasteiger partial charge in [0, 0.05) is 11.3 Å². The van der Waals surface area contributed by atoms with Crippen molar-refractivity contribution >= 4 is 11.5 Å². The Balaban J connectivity index is 2.39. The van der Waals surface area contributed by atoms with Gasteiger partial charge in [-0.15, -0.1) is 0 Å². The van der Waals surface area contributed by atoms with Crippen LogP contribution in [-0.4, -0.2) is 20.7 Å². The molecule has 3 rings (SSSR count). The Hall–Kier alpha value is -2.62. The second-order valence-corrected chi connectivity index (χ2v) is 4.36. The third-order valence-corrected chi connectivity index (χ3v) is 3.11. The second kappa shape index (κ2) is 4.24. The van der Waals surface area contributed by atoms with Crippen molar-refractivity contribution in [2.45, 2.75) is 6.92 Å². The van der Waals surface area contributed by atoms with E-state index in [9.17, 15) is 9.90 Å². The monoisotopic (exact) mass is 252 g/mol. The maximum Gasteiger partial charge on any atom is 0.340 e. The highest BCUT2D eigenvalue weighted by Crippen LogP contribution is 2.26. The fourth-order valence-electron chi connectivity index (χ4n) is 2.21. The number of pyridine rings is 1. The number of benzene rings is 1. The first kappa shape index (κ1) is 11.5. The molecule has 19 heavy (non-hydrogen) atoms. The predicted molar refractivity (Wildman–Crippen MR) is 72.3 cm³/mol. The van der Waals surface area contributed by atoms with E-state index in [1.807, 2.05) is 49.4 Å². The molecule has 0 aliphatic rings. The predicted octanol–water partition coefficient (Wildman–Crippen LogP) is 3.01. The van der Waals surface area contributed by atoms with Crippen LogP contribution in [0.4, 0.5) is 0 Å². The van der Waals surface area contributed by atoms with Crippen molar-refractivity contribution in [1.29, 1.82) is 0 Å². The SMILES string of the molecule is Cc1cccc2c(C(=O)O)c(-c3ccccc3)nn12. The van der Waals surface area contributed by atoms with Gasteiger partial charge in [0.15, 0.2) is 0 Å². The van der Waals surface area contributed by atoms with Crippen LogP contribution in [0.3, 0.4) is 0 Å². The molecule has 0 bridgehead atoms. The van der Waals surface area contributed by atoms with Crippen LogP contribution < -0.4 is 0 Å². The van der Waals surface area contributed by atoms with Gasteiger partial charge in [-0.3, -0.25) is 0 Å². The Morgan fingerprint density at radius 2 is 1.84 bits per heavy atom. The van der Waals surface area contributed by atoms with Crippen LogP contribution in [-0.2, 0) is 0 Å². The van der Waals surface area contributed by atoms with Gasteiger partial charge in [-0.25, -0.2) is 9.31 Å². The average Bonchev–Trinajstić information content (AvgIpc) is 2.81.